The van der Waals surface area contributed by atoms with Gasteiger partial charge in [-0.25, -0.2) is 0 Å². The van der Waals surface area contributed by atoms with Crippen LogP contribution in [0.1, 0.15) is 73.7 Å². The first-order valence-electron chi connectivity index (χ1n) is 10.7. The van der Waals surface area contributed by atoms with Gasteiger partial charge in [0.15, 0.2) is 5.78 Å². The van der Waals surface area contributed by atoms with Crippen molar-refractivity contribution < 1.29 is 19.2 Å². The minimum atomic E-state index is -0.256. The number of rotatable bonds is 8. The highest BCUT2D eigenvalue weighted by Crippen LogP contribution is 2.26. The van der Waals surface area contributed by atoms with Crippen molar-refractivity contribution in [1.82, 2.24) is 0 Å². The lowest BCUT2D eigenvalue weighted by Crippen LogP contribution is -2.24. The van der Waals surface area contributed by atoms with E-state index in [1.165, 1.54) is 6.92 Å². The molecule has 0 heterocycles. The Hall–Kier alpha value is -2.88. The summed E-state index contributed by atoms with van der Waals surface area (Å²) in [4.78, 5) is 44.9. The van der Waals surface area contributed by atoms with Gasteiger partial charge >= 0.3 is 0 Å². The summed E-state index contributed by atoms with van der Waals surface area (Å²) in [5, 5.41) is 0. The van der Waals surface area contributed by atoms with Crippen LogP contribution in [-0.4, -0.2) is 23.6 Å². The van der Waals surface area contributed by atoms with E-state index in [9.17, 15) is 19.2 Å². The molecule has 0 saturated heterocycles. The average Bonchev–Trinajstić information content (AvgIpc) is 2.78. The lowest BCUT2D eigenvalue weighted by Gasteiger charge is -2.16. The fraction of sp³-hybridized carbons (Fsp3) is 0.385. The highest BCUT2D eigenvalue weighted by Gasteiger charge is 2.25. The van der Waals surface area contributed by atoms with Crippen molar-refractivity contribution in [2.24, 2.45) is 5.92 Å². The summed E-state index contributed by atoms with van der Waals surface area (Å²) < 4.78 is 0. The third-order valence-corrected chi connectivity index (χ3v) is 5.44. The number of unbranched alkanes of at least 4 members (excludes halogenated alkanes) is 1. The van der Waals surface area contributed by atoms with Crippen molar-refractivity contribution >= 4 is 23.6 Å². The summed E-state index contributed by atoms with van der Waals surface area (Å²) in [6.45, 7) is 1.51. The zero-order chi connectivity index (χ0) is 21.8. The molecule has 0 aromatic heterocycles. The quantitative estimate of drug-likeness (QED) is 0.256. The third kappa shape index (κ3) is 7.18. The highest BCUT2D eigenvalue weighted by atomic mass is 16.2. The molecule has 1 aliphatic rings. The van der Waals surface area contributed by atoms with Gasteiger partial charge < -0.3 is 4.79 Å². The van der Waals surface area contributed by atoms with Gasteiger partial charge in [0.1, 0.15) is 17.9 Å². The fourth-order valence-corrected chi connectivity index (χ4v) is 3.76. The Morgan fingerprint density at radius 1 is 1.00 bits per heavy atom. The Labute approximate surface area is 178 Å². The highest BCUT2D eigenvalue weighted by molar-refractivity contribution is 6.01. The molecule has 1 aliphatic carbocycles. The van der Waals surface area contributed by atoms with Crippen LogP contribution >= 0.6 is 0 Å². The first kappa shape index (κ1) is 23.4. The lowest BCUT2D eigenvalue weighted by atomic mass is 9.86. The Morgan fingerprint density at radius 3 is 2.17 bits per heavy atom. The number of Topliss-reactive ketones (excluding diaryl/α,β-unsaturated/α-hetero) is 3. The van der Waals surface area contributed by atoms with Crippen LogP contribution in [0.25, 0.3) is 0 Å². The van der Waals surface area contributed by atoms with Crippen LogP contribution in [0, 0.1) is 5.92 Å². The number of benzene rings is 2. The molecule has 2 aromatic carbocycles. The van der Waals surface area contributed by atoms with E-state index in [-0.39, 0.29) is 29.2 Å². The van der Waals surface area contributed by atoms with Crippen LogP contribution in [-0.2, 0) is 14.4 Å². The second-order valence-corrected chi connectivity index (χ2v) is 7.67. The first-order chi connectivity index (χ1) is 14.5. The van der Waals surface area contributed by atoms with Crippen LogP contribution in [0.2, 0.25) is 0 Å². The van der Waals surface area contributed by atoms with Crippen LogP contribution in [0.3, 0.4) is 0 Å². The van der Waals surface area contributed by atoms with Crippen LogP contribution in [0.15, 0.2) is 60.7 Å². The predicted molar refractivity (Wildman–Crippen MR) is 118 cm³/mol. The summed E-state index contributed by atoms with van der Waals surface area (Å²) in [7, 11) is 0. The van der Waals surface area contributed by atoms with E-state index in [0.717, 1.165) is 43.1 Å². The maximum absolute atomic E-state index is 12.7. The summed E-state index contributed by atoms with van der Waals surface area (Å²) >= 11 is 0. The van der Waals surface area contributed by atoms with Gasteiger partial charge in [-0.2, -0.15) is 0 Å². The molecule has 0 N–H and O–H groups in total. The molecule has 30 heavy (non-hydrogen) atoms. The molecule has 4 nitrogen and oxygen atoms in total. The molecular formula is C26H30O4. The van der Waals surface area contributed by atoms with E-state index in [4.69, 9.17) is 0 Å². The summed E-state index contributed by atoms with van der Waals surface area (Å²) in [5.74, 6) is -0.0987. The van der Waals surface area contributed by atoms with Gasteiger partial charge in [-0.15, -0.1) is 0 Å². The van der Waals surface area contributed by atoms with Gasteiger partial charge in [0.25, 0.3) is 0 Å². The molecule has 0 radical (unpaired) electrons. The normalized spacial score (nSPS) is 16.7. The number of carbonyl (C=O) groups excluding carboxylic acids is 4. The second kappa shape index (κ2) is 12.6. The summed E-state index contributed by atoms with van der Waals surface area (Å²) in [6.07, 6.45) is 6.27. The molecule has 2 atom stereocenters. The minimum absolute atomic E-state index is 0.0460. The number of aldehydes is 1. The molecule has 1 saturated carbocycles. The average molecular weight is 407 g/mol. The van der Waals surface area contributed by atoms with E-state index in [1.54, 1.807) is 0 Å². The van der Waals surface area contributed by atoms with Gasteiger partial charge in [0.05, 0.1) is 5.92 Å². The number of hydrogen-bond acceptors (Lipinski definition) is 4. The number of carbonyl (C=O) groups is 4. The van der Waals surface area contributed by atoms with E-state index >= 15 is 0 Å². The van der Waals surface area contributed by atoms with Crippen molar-refractivity contribution in [2.75, 3.05) is 0 Å². The lowest BCUT2D eigenvalue weighted by molar-refractivity contribution is -0.133. The molecule has 158 valence electrons. The topological polar surface area (TPSA) is 68.3 Å². The van der Waals surface area contributed by atoms with Gasteiger partial charge in [-0.05, 0) is 38.2 Å². The van der Waals surface area contributed by atoms with Crippen molar-refractivity contribution in [1.29, 1.82) is 0 Å². The number of hydrogen-bond donors (Lipinski definition) is 0. The van der Waals surface area contributed by atoms with Gasteiger partial charge in [-0.1, -0.05) is 67.1 Å². The first-order valence-corrected chi connectivity index (χ1v) is 10.7. The van der Waals surface area contributed by atoms with Crippen molar-refractivity contribution in [3.8, 4) is 0 Å². The molecule has 0 bridgehead atoms. The molecule has 4 heteroatoms. The third-order valence-electron chi connectivity index (χ3n) is 5.44. The van der Waals surface area contributed by atoms with Crippen molar-refractivity contribution in [3.05, 3.63) is 71.8 Å². The Morgan fingerprint density at radius 2 is 1.63 bits per heavy atom. The van der Waals surface area contributed by atoms with Gasteiger partial charge in [0.2, 0.25) is 0 Å². The zero-order valence-corrected chi connectivity index (χ0v) is 17.6. The van der Waals surface area contributed by atoms with Crippen LogP contribution in [0.5, 0.6) is 0 Å². The fourth-order valence-electron chi connectivity index (χ4n) is 3.76. The SMILES string of the molecule is CC(=O)C1CCCCC1=O.O=CCCCC(C(=O)c1ccccc1)c1ccccc1. The van der Waals surface area contributed by atoms with E-state index in [2.05, 4.69) is 0 Å². The molecule has 2 unspecified atom stereocenters. The Bertz CT molecular complexity index is 827. The molecular weight excluding hydrogens is 376 g/mol. The van der Waals surface area contributed by atoms with E-state index < -0.39 is 0 Å². The molecule has 0 aliphatic heterocycles. The van der Waals surface area contributed by atoms with Crippen molar-refractivity contribution in [3.63, 3.8) is 0 Å². The zero-order valence-electron chi connectivity index (χ0n) is 17.6. The Kier molecular flexibility index (Phi) is 9.85. The van der Waals surface area contributed by atoms with Gasteiger partial charge in [0, 0.05) is 24.3 Å². The smallest absolute Gasteiger partial charge is 0.170 e. The number of ketones is 3. The van der Waals surface area contributed by atoms with Crippen LogP contribution < -0.4 is 0 Å². The van der Waals surface area contributed by atoms with E-state index in [1.807, 2.05) is 60.7 Å². The molecule has 3 rings (SSSR count). The standard InChI is InChI=1S/C18H18O2.C8H12O2/c19-14-8-7-13-17(15-9-3-1-4-10-15)18(20)16-11-5-2-6-12-16;1-6(9)7-4-2-3-5-8(7)10/h1-6,9-12,14,17H,7-8,13H2;7H,2-5H2,1H3. The Balaban J connectivity index is 0.000000269. The maximum Gasteiger partial charge on any atom is 0.170 e. The monoisotopic (exact) mass is 406 g/mol. The van der Waals surface area contributed by atoms with Gasteiger partial charge in [-0.3, -0.25) is 14.4 Å². The van der Waals surface area contributed by atoms with Crippen molar-refractivity contribution in [2.45, 2.75) is 57.8 Å². The van der Waals surface area contributed by atoms with E-state index in [0.29, 0.717) is 19.3 Å². The molecule has 1 fully saturated rings. The predicted octanol–water partition coefficient (Wildman–Crippen LogP) is 5.36. The molecule has 0 amide bonds. The molecule has 2 aromatic rings. The molecule has 0 spiro atoms. The second-order valence-electron chi connectivity index (χ2n) is 7.67. The summed E-state index contributed by atoms with van der Waals surface area (Å²) in [5.41, 5.74) is 1.75. The largest absolute Gasteiger partial charge is 0.303 e. The minimum Gasteiger partial charge on any atom is -0.303 e. The maximum atomic E-state index is 12.7. The van der Waals surface area contributed by atoms with Crippen LogP contribution in [0.4, 0.5) is 0 Å². The summed E-state index contributed by atoms with van der Waals surface area (Å²) in [6, 6.07) is 19.1.